The Hall–Kier alpha value is -0.590. The van der Waals surface area contributed by atoms with E-state index in [2.05, 4.69) is 18.0 Å². The fourth-order valence-corrected chi connectivity index (χ4v) is 0.705. The maximum atomic E-state index is 4.17. The second-order valence-electron chi connectivity index (χ2n) is 1.92. The van der Waals surface area contributed by atoms with Gasteiger partial charge in [0.2, 0.25) is 0 Å². The van der Waals surface area contributed by atoms with Crippen LogP contribution in [0.2, 0.25) is 0 Å². The lowest BCUT2D eigenvalue weighted by Gasteiger charge is -1.94. The van der Waals surface area contributed by atoms with Crippen molar-refractivity contribution in [1.29, 1.82) is 0 Å². The molecule has 0 aromatic rings. The van der Waals surface area contributed by atoms with Crippen LogP contribution in [0.3, 0.4) is 0 Å². The molecule has 0 aliphatic rings. The van der Waals surface area contributed by atoms with E-state index < -0.39 is 0 Å². The molecule has 0 unspecified atom stereocenters. The summed E-state index contributed by atoms with van der Waals surface area (Å²) in [4.78, 5) is 4.17. The monoisotopic (exact) mass is 125 g/mol. The van der Waals surface area contributed by atoms with E-state index in [1.807, 2.05) is 20.1 Å². The minimum absolute atomic E-state index is 1.10. The lowest BCUT2D eigenvalue weighted by Crippen LogP contribution is -1.76. The van der Waals surface area contributed by atoms with Crippen molar-refractivity contribution >= 4 is 6.21 Å². The molecule has 0 heterocycles. The number of nitrogens with zero attached hydrogens (tertiary/aromatic N) is 1. The molecular formula is C8H15N. The smallest absolute Gasteiger partial charge is 0.0356 e. The summed E-state index contributed by atoms with van der Waals surface area (Å²) in [5, 5.41) is 0. The van der Waals surface area contributed by atoms with Crippen LogP contribution in [-0.4, -0.2) is 6.21 Å². The van der Waals surface area contributed by atoms with E-state index >= 15 is 0 Å². The summed E-state index contributed by atoms with van der Waals surface area (Å²) in [6, 6.07) is 0. The zero-order valence-corrected chi connectivity index (χ0v) is 6.52. The average molecular weight is 125 g/mol. The van der Waals surface area contributed by atoms with Crippen LogP contribution < -0.4 is 0 Å². The van der Waals surface area contributed by atoms with E-state index in [9.17, 15) is 0 Å². The van der Waals surface area contributed by atoms with Crippen LogP contribution in [0.15, 0.2) is 16.8 Å². The van der Waals surface area contributed by atoms with Crippen molar-refractivity contribution in [2.75, 3.05) is 0 Å². The Morgan fingerprint density at radius 2 is 2.11 bits per heavy atom. The molecule has 0 aliphatic heterocycles. The molecule has 0 atom stereocenters. The Balaban J connectivity index is 3.70. The summed E-state index contributed by atoms with van der Waals surface area (Å²) in [6.45, 7) is 6.13. The molecule has 0 aliphatic carbocycles. The van der Waals surface area contributed by atoms with Crippen molar-refractivity contribution < 1.29 is 0 Å². The summed E-state index contributed by atoms with van der Waals surface area (Å²) in [7, 11) is 0. The van der Waals surface area contributed by atoms with Crippen LogP contribution in [0.1, 0.15) is 33.6 Å². The zero-order chi connectivity index (χ0) is 7.11. The minimum atomic E-state index is 1.10. The number of hydrogen-bond acceptors (Lipinski definition) is 1. The van der Waals surface area contributed by atoms with Gasteiger partial charge < -0.3 is 0 Å². The first-order valence-electron chi connectivity index (χ1n) is 3.49. The first-order chi connectivity index (χ1) is 4.35. The standard InChI is InChI=1S/C8H15N/c1-4-7-8(5-2)9-6-3/h5-6H,4,7H2,1-3H3/b8-5-,9-6-. The largest absolute Gasteiger partial charge is 0.266 e. The zero-order valence-electron chi connectivity index (χ0n) is 6.52. The van der Waals surface area contributed by atoms with Gasteiger partial charge in [0.05, 0.1) is 0 Å². The van der Waals surface area contributed by atoms with E-state index in [0.717, 1.165) is 6.42 Å². The molecule has 1 heteroatoms. The predicted molar refractivity (Wildman–Crippen MR) is 42.8 cm³/mol. The Labute approximate surface area is 57.5 Å². The van der Waals surface area contributed by atoms with E-state index in [0.29, 0.717) is 0 Å². The summed E-state index contributed by atoms with van der Waals surface area (Å²) in [6.07, 6.45) is 6.17. The lowest BCUT2D eigenvalue weighted by molar-refractivity contribution is 0.892. The molecule has 0 saturated heterocycles. The Morgan fingerprint density at radius 3 is 2.44 bits per heavy atom. The molecule has 0 bridgehead atoms. The van der Waals surface area contributed by atoms with Crippen molar-refractivity contribution in [3.8, 4) is 0 Å². The van der Waals surface area contributed by atoms with Crippen molar-refractivity contribution in [2.45, 2.75) is 33.6 Å². The molecule has 0 saturated carbocycles. The summed E-state index contributed by atoms with van der Waals surface area (Å²) in [5.74, 6) is 0. The molecule has 0 spiro atoms. The normalized spacial score (nSPS) is 13.0. The van der Waals surface area contributed by atoms with Crippen LogP contribution in [0, 0.1) is 0 Å². The maximum Gasteiger partial charge on any atom is 0.0356 e. The second-order valence-corrected chi connectivity index (χ2v) is 1.92. The fourth-order valence-electron chi connectivity index (χ4n) is 0.705. The molecule has 1 nitrogen and oxygen atoms in total. The molecular weight excluding hydrogens is 110 g/mol. The number of hydrogen-bond donors (Lipinski definition) is 0. The quantitative estimate of drug-likeness (QED) is 0.514. The molecule has 0 aromatic heterocycles. The molecule has 9 heavy (non-hydrogen) atoms. The van der Waals surface area contributed by atoms with Crippen LogP contribution >= 0.6 is 0 Å². The highest BCUT2D eigenvalue weighted by molar-refractivity contribution is 5.55. The minimum Gasteiger partial charge on any atom is -0.266 e. The molecule has 0 N–H and O–H groups in total. The third-order valence-electron chi connectivity index (χ3n) is 1.13. The van der Waals surface area contributed by atoms with Gasteiger partial charge in [-0.2, -0.15) is 0 Å². The third kappa shape index (κ3) is 3.95. The Kier molecular flexibility index (Phi) is 5.18. The van der Waals surface area contributed by atoms with E-state index in [1.54, 1.807) is 0 Å². The number of rotatable bonds is 3. The van der Waals surface area contributed by atoms with Gasteiger partial charge in [-0.15, -0.1) is 0 Å². The van der Waals surface area contributed by atoms with E-state index in [4.69, 9.17) is 0 Å². The molecule has 0 fully saturated rings. The van der Waals surface area contributed by atoms with Gasteiger partial charge in [0, 0.05) is 11.9 Å². The highest BCUT2D eigenvalue weighted by atomic mass is 14.7. The number of allylic oxidation sites excluding steroid dienone is 2. The Morgan fingerprint density at radius 1 is 1.44 bits per heavy atom. The van der Waals surface area contributed by atoms with Crippen molar-refractivity contribution in [3.05, 3.63) is 11.8 Å². The van der Waals surface area contributed by atoms with Crippen LogP contribution in [0.4, 0.5) is 0 Å². The summed E-state index contributed by atoms with van der Waals surface area (Å²) in [5.41, 5.74) is 1.19. The Bertz CT molecular complexity index is 112. The highest BCUT2D eigenvalue weighted by Gasteiger charge is 1.85. The topological polar surface area (TPSA) is 12.4 Å². The predicted octanol–water partition coefficient (Wildman–Crippen LogP) is 2.78. The van der Waals surface area contributed by atoms with Gasteiger partial charge in [-0.3, -0.25) is 4.99 Å². The van der Waals surface area contributed by atoms with Gasteiger partial charge in [-0.25, -0.2) is 0 Å². The maximum absolute atomic E-state index is 4.17. The van der Waals surface area contributed by atoms with Crippen molar-refractivity contribution in [1.82, 2.24) is 0 Å². The van der Waals surface area contributed by atoms with Gasteiger partial charge in [0.1, 0.15) is 0 Å². The molecule has 52 valence electrons. The lowest BCUT2D eigenvalue weighted by atomic mass is 10.2. The van der Waals surface area contributed by atoms with Crippen molar-refractivity contribution in [2.24, 2.45) is 4.99 Å². The third-order valence-corrected chi connectivity index (χ3v) is 1.13. The summed E-state index contributed by atoms with van der Waals surface area (Å²) >= 11 is 0. The summed E-state index contributed by atoms with van der Waals surface area (Å²) < 4.78 is 0. The molecule has 0 amide bonds. The molecule has 0 aromatic carbocycles. The van der Waals surface area contributed by atoms with E-state index in [-0.39, 0.29) is 0 Å². The van der Waals surface area contributed by atoms with Crippen LogP contribution in [0.5, 0.6) is 0 Å². The van der Waals surface area contributed by atoms with Gasteiger partial charge in [-0.05, 0) is 20.3 Å². The first-order valence-corrected chi connectivity index (χ1v) is 3.49. The molecule has 0 rings (SSSR count). The number of aliphatic imine (C=N–C) groups is 1. The second kappa shape index (κ2) is 5.54. The highest BCUT2D eigenvalue weighted by Crippen LogP contribution is 2.04. The van der Waals surface area contributed by atoms with Crippen LogP contribution in [-0.2, 0) is 0 Å². The fraction of sp³-hybridized carbons (Fsp3) is 0.625. The first kappa shape index (κ1) is 8.41. The van der Waals surface area contributed by atoms with Gasteiger partial charge in [0.15, 0.2) is 0 Å². The molecule has 0 radical (unpaired) electrons. The van der Waals surface area contributed by atoms with Gasteiger partial charge >= 0.3 is 0 Å². The average Bonchev–Trinajstić information content (AvgIpc) is 1.88. The van der Waals surface area contributed by atoms with Crippen LogP contribution in [0.25, 0.3) is 0 Å². The van der Waals surface area contributed by atoms with Crippen molar-refractivity contribution in [3.63, 3.8) is 0 Å². The SMILES string of the molecule is C/C=N\C(=C/C)CCC. The van der Waals surface area contributed by atoms with E-state index in [1.165, 1.54) is 12.1 Å². The van der Waals surface area contributed by atoms with Gasteiger partial charge in [0.25, 0.3) is 0 Å². The van der Waals surface area contributed by atoms with Gasteiger partial charge in [-0.1, -0.05) is 19.4 Å².